The van der Waals surface area contributed by atoms with E-state index in [1.54, 1.807) is 0 Å². The zero-order valence-corrected chi connectivity index (χ0v) is 24.7. The average molecular weight is 572 g/mol. The second kappa shape index (κ2) is 15.3. The van der Waals surface area contributed by atoms with Crippen molar-refractivity contribution in [1.82, 2.24) is 15.5 Å². The van der Waals surface area contributed by atoms with Crippen molar-refractivity contribution < 1.29 is 19.4 Å². The molecule has 2 fully saturated rings. The lowest BCUT2D eigenvalue weighted by Gasteiger charge is -2.44. The number of carbonyl (C=O) groups is 1. The van der Waals surface area contributed by atoms with Crippen molar-refractivity contribution in [3.05, 3.63) is 107 Å². The van der Waals surface area contributed by atoms with Gasteiger partial charge < -0.3 is 30.1 Å². The standard InChI is InChI=1S/C35H45N3O4/c1-2-36-35(40)37-23-26-13-19-30(20-14-26)34-41-31(24-38-21-9-4-3-5-10-22-38)32(28-11-7-6-8-12-28)33(42-34)29-17-15-27(25-39)16-18-29/h6-8,11-20,31-34,39H,2-5,9-10,21-25H2,1H3,(H2,36,37,40). The van der Waals surface area contributed by atoms with E-state index in [1.165, 1.54) is 37.7 Å². The molecule has 2 aliphatic rings. The number of urea groups is 1. The van der Waals surface area contributed by atoms with E-state index in [1.807, 2.05) is 43.3 Å². The number of aliphatic hydroxyl groups excluding tert-OH is 1. The summed E-state index contributed by atoms with van der Waals surface area (Å²) in [6.07, 6.45) is 5.52. The van der Waals surface area contributed by atoms with Crippen LogP contribution in [-0.2, 0) is 22.6 Å². The summed E-state index contributed by atoms with van der Waals surface area (Å²) >= 11 is 0. The van der Waals surface area contributed by atoms with E-state index in [-0.39, 0.29) is 30.8 Å². The number of hydrogen-bond donors (Lipinski definition) is 3. The predicted molar refractivity (Wildman–Crippen MR) is 165 cm³/mol. The quantitative estimate of drug-likeness (QED) is 0.285. The summed E-state index contributed by atoms with van der Waals surface area (Å²) in [6.45, 7) is 5.99. The number of likely N-dealkylation sites (tertiary alicyclic amines) is 1. The van der Waals surface area contributed by atoms with Gasteiger partial charge in [0.2, 0.25) is 0 Å². The highest BCUT2D eigenvalue weighted by molar-refractivity contribution is 5.73. The van der Waals surface area contributed by atoms with Crippen LogP contribution in [0.25, 0.3) is 0 Å². The second-order valence-corrected chi connectivity index (χ2v) is 11.4. The average Bonchev–Trinajstić information content (AvgIpc) is 3.02. The van der Waals surface area contributed by atoms with Gasteiger partial charge in [-0.15, -0.1) is 0 Å². The number of carbonyl (C=O) groups excluding carboxylic acids is 1. The van der Waals surface area contributed by atoms with Crippen LogP contribution in [0.1, 0.15) is 85.2 Å². The first-order chi connectivity index (χ1) is 20.6. The molecule has 7 heteroatoms. The number of ether oxygens (including phenoxy) is 2. The van der Waals surface area contributed by atoms with Crippen molar-refractivity contribution in [2.75, 3.05) is 26.2 Å². The van der Waals surface area contributed by atoms with Gasteiger partial charge in [0.1, 0.15) is 0 Å². The minimum Gasteiger partial charge on any atom is -0.392 e. The van der Waals surface area contributed by atoms with E-state index in [9.17, 15) is 9.90 Å². The van der Waals surface area contributed by atoms with Crippen LogP contribution >= 0.6 is 0 Å². The summed E-state index contributed by atoms with van der Waals surface area (Å²) in [4.78, 5) is 14.4. The molecule has 3 aromatic carbocycles. The number of aliphatic hydroxyl groups is 1. The van der Waals surface area contributed by atoms with Gasteiger partial charge in [0, 0.05) is 31.1 Å². The van der Waals surface area contributed by atoms with Crippen molar-refractivity contribution in [2.24, 2.45) is 0 Å². The maximum Gasteiger partial charge on any atom is 0.315 e. The molecule has 3 aromatic rings. The van der Waals surface area contributed by atoms with Gasteiger partial charge in [0.25, 0.3) is 0 Å². The number of rotatable bonds is 9. The van der Waals surface area contributed by atoms with Crippen LogP contribution in [0.5, 0.6) is 0 Å². The van der Waals surface area contributed by atoms with Crippen LogP contribution in [0.15, 0.2) is 78.9 Å². The van der Waals surface area contributed by atoms with E-state index < -0.39 is 6.29 Å². The molecule has 2 saturated heterocycles. The molecule has 2 aliphatic heterocycles. The lowest BCUT2D eigenvalue weighted by atomic mass is 9.83. The molecule has 0 bridgehead atoms. The Morgan fingerprint density at radius 3 is 2.10 bits per heavy atom. The largest absolute Gasteiger partial charge is 0.392 e. The van der Waals surface area contributed by atoms with Gasteiger partial charge in [-0.3, -0.25) is 0 Å². The molecule has 5 rings (SSSR count). The normalized spacial score (nSPS) is 23.5. The Kier molecular flexibility index (Phi) is 11.0. The highest BCUT2D eigenvalue weighted by atomic mass is 16.7. The van der Waals surface area contributed by atoms with Gasteiger partial charge in [-0.05, 0) is 55.1 Å². The highest BCUT2D eigenvalue weighted by Gasteiger charge is 2.42. The van der Waals surface area contributed by atoms with Crippen LogP contribution < -0.4 is 10.6 Å². The molecule has 4 atom stereocenters. The summed E-state index contributed by atoms with van der Waals surface area (Å²) in [5.74, 6) is 0.00779. The van der Waals surface area contributed by atoms with Gasteiger partial charge in [-0.2, -0.15) is 0 Å². The summed E-state index contributed by atoms with van der Waals surface area (Å²) in [5, 5.41) is 15.3. The van der Waals surface area contributed by atoms with E-state index in [0.29, 0.717) is 13.1 Å². The SMILES string of the molecule is CCNC(=O)NCc1ccc(C2OC(CN3CCCCCCC3)C(c3ccccc3)C(c3ccc(CO)cc3)O2)cc1. The zero-order chi connectivity index (χ0) is 29.1. The summed E-state index contributed by atoms with van der Waals surface area (Å²) < 4.78 is 13.7. The van der Waals surface area contributed by atoms with Gasteiger partial charge in [0.15, 0.2) is 6.29 Å². The topological polar surface area (TPSA) is 83.1 Å². The Labute approximate surface area is 250 Å². The summed E-state index contributed by atoms with van der Waals surface area (Å²) in [7, 11) is 0. The third kappa shape index (κ3) is 7.98. The lowest BCUT2D eigenvalue weighted by Crippen LogP contribution is -2.45. The summed E-state index contributed by atoms with van der Waals surface area (Å²) in [6, 6.07) is 26.7. The highest BCUT2D eigenvalue weighted by Crippen LogP contribution is 2.47. The van der Waals surface area contributed by atoms with Crippen molar-refractivity contribution >= 4 is 6.03 Å². The molecule has 42 heavy (non-hydrogen) atoms. The first kappa shape index (κ1) is 30.2. The minimum absolute atomic E-state index is 0.00779. The van der Waals surface area contributed by atoms with Crippen molar-refractivity contribution in [2.45, 2.75) is 76.6 Å². The zero-order valence-electron chi connectivity index (χ0n) is 24.7. The van der Waals surface area contributed by atoms with Crippen molar-refractivity contribution in [3.8, 4) is 0 Å². The van der Waals surface area contributed by atoms with Gasteiger partial charge >= 0.3 is 6.03 Å². The Hall–Kier alpha value is -3.23. The molecule has 0 aliphatic carbocycles. The van der Waals surface area contributed by atoms with Crippen molar-refractivity contribution in [1.29, 1.82) is 0 Å². The fourth-order valence-electron chi connectivity index (χ4n) is 6.11. The molecule has 0 spiro atoms. The van der Waals surface area contributed by atoms with E-state index >= 15 is 0 Å². The second-order valence-electron chi connectivity index (χ2n) is 11.4. The van der Waals surface area contributed by atoms with Gasteiger partial charge in [-0.1, -0.05) is 98.1 Å². The smallest absolute Gasteiger partial charge is 0.315 e. The Bertz CT molecular complexity index is 1230. The number of nitrogens with zero attached hydrogens (tertiary/aromatic N) is 1. The molecule has 224 valence electrons. The fraction of sp³-hybridized carbons (Fsp3) is 0.457. The van der Waals surface area contributed by atoms with Gasteiger partial charge in [0.05, 0.1) is 18.8 Å². The maximum atomic E-state index is 11.8. The van der Waals surface area contributed by atoms with E-state index in [2.05, 4.69) is 58.0 Å². The molecule has 7 nitrogen and oxygen atoms in total. The maximum absolute atomic E-state index is 11.8. The predicted octanol–water partition coefficient (Wildman–Crippen LogP) is 6.20. The van der Waals surface area contributed by atoms with Crippen LogP contribution in [0.3, 0.4) is 0 Å². The number of benzene rings is 3. The first-order valence-electron chi connectivity index (χ1n) is 15.5. The molecule has 0 aromatic heterocycles. The molecular weight excluding hydrogens is 526 g/mol. The molecule has 0 saturated carbocycles. The van der Waals surface area contributed by atoms with E-state index in [0.717, 1.165) is 41.9 Å². The van der Waals surface area contributed by atoms with Crippen LogP contribution in [-0.4, -0.2) is 48.3 Å². The molecule has 0 radical (unpaired) electrons. The molecule has 2 heterocycles. The molecule has 2 amide bonds. The lowest BCUT2D eigenvalue weighted by molar-refractivity contribution is -0.263. The molecule has 4 unspecified atom stereocenters. The van der Waals surface area contributed by atoms with Gasteiger partial charge in [-0.25, -0.2) is 4.79 Å². The number of nitrogens with one attached hydrogen (secondary N) is 2. The summed E-state index contributed by atoms with van der Waals surface area (Å²) in [5.41, 5.74) is 5.13. The monoisotopic (exact) mass is 571 g/mol. The Morgan fingerprint density at radius 2 is 1.43 bits per heavy atom. The third-order valence-electron chi connectivity index (χ3n) is 8.40. The van der Waals surface area contributed by atoms with Crippen LogP contribution in [0.2, 0.25) is 0 Å². The fourth-order valence-corrected chi connectivity index (χ4v) is 6.11. The minimum atomic E-state index is -0.530. The van der Waals surface area contributed by atoms with E-state index in [4.69, 9.17) is 9.47 Å². The number of amides is 2. The third-order valence-corrected chi connectivity index (χ3v) is 8.40. The van der Waals surface area contributed by atoms with Crippen LogP contribution in [0, 0.1) is 0 Å². The van der Waals surface area contributed by atoms with Crippen molar-refractivity contribution in [3.63, 3.8) is 0 Å². The number of hydrogen-bond acceptors (Lipinski definition) is 5. The Morgan fingerprint density at radius 1 is 0.786 bits per heavy atom. The molecule has 3 N–H and O–H groups in total. The first-order valence-corrected chi connectivity index (χ1v) is 15.5. The Balaban J connectivity index is 1.44. The van der Waals surface area contributed by atoms with Crippen LogP contribution in [0.4, 0.5) is 4.79 Å². The molecular formula is C35H45N3O4.